The van der Waals surface area contributed by atoms with E-state index in [1.54, 1.807) is 0 Å². The van der Waals surface area contributed by atoms with Crippen molar-refractivity contribution in [2.75, 3.05) is 13.1 Å². The van der Waals surface area contributed by atoms with Crippen molar-refractivity contribution < 1.29 is 13.6 Å². The molecule has 1 fully saturated rings. The topological polar surface area (TPSA) is 29.1 Å². The summed E-state index contributed by atoms with van der Waals surface area (Å²) in [5, 5.41) is 2.58. The minimum atomic E-state index is -2.91. The molecular weight excluding hydrogens is 164 g/mol. The summed E-state index contributed by atoms with van der Waals surface area (Å²) < 4.78 is 26.4. The molecule has 0 aliphatic carbocycles. The van der Waals surface area contributed by atoms with E-state index in [1.807, 2.05) is 0 Å². The van der Waals surface area contributed by atoms with Crippen molar-refractivity contribution in [2.45, 2.75) is 26.2 Å². The van der Waals surface area contributed by atoms with Gasteiger partial charge >= 0.3 is 0 Å². The predicted octanol–water partition coefficient (Wildman–Crippen LogP) is 1.21. The summed E-state index contributed by atoms with van der Waals surface area (Å²) in [5.74, 6) is -3.33. The highest BCUT2D eigenvalue weighted by molar-refractivity contribution is 5.83. The van der Waals surface area contributed by atoms with Crippen LogP contribution in [0.4, 0.5) is 8.78 Å². The van der Waals surface area contributed by atoms with Crippen molar-refractivity contribution in [1.82, 2.24) is 5.32 Å². The second kappa shape index (κ2) is 2.76. The van der Waals surface area contributed by atoms with Crippen LogP contribution in [0.5, 0.6) is 0 Å². The molecule has 0 amide bonds. The zero-order chi connectivity index (χ0) is 9.41. The summed E-state index contributed by atoms with van der Waals surface area (Å²) >= 11 is 0. The summed E-state index contributed by atoms with van der Waals surface area (Å²) in [6, 6.07) is 0. The van der Waals surface area contributed by atoms with Crippen LogP contribution in [0.1, 0.15) is 20.3 Å². The SMILES string of the molecule is CC(=O)C1(C)CCNCC1(F)F. The number of carbonyl (C=O) groups is 1. The maximum absolute atomic E-state index is 13.2. The number of ketones is 1. The number of rotatable bonds is 1. The van der Waals surface area contributed by atoms with Gasteiger partial charge in [-0.05, 0) is 26.8 Å². The number of hydrogen-bond acceptors (Lipinski definition) is 2. The predicted molar refractivity (Wildman–Crippen MR) is 41.2 cm³/mol. The van der Waals surface area contributed by atoms with E-state index in [0.717, 1.165) is 0 Å². The second-order valence-corrected chi connectivity index (χ2v) is 3.52. The molecule has 1 saturated heterocycles. The van der Waals surface area contributed by atoms with Gasteiger partial charge in [-0.15, -0.1) is 0 Å². The Morgan fingerprint density at radius 3 is 2.42 bits per heavy atom. The monoisotopic (exact) mass is 177 g/mol. The van der Waals surface area contributed by atoms with Crippen LogP contribution in [0.3, 0.4) is 0 Å². The lowest BCUT2D eigenvalue weighted by molar-refractivity contribution is -0.160. The van der Waals surface area contributed by atoms with E-state index in [4.69, 9.17) is 0 Å². The molecule has 2 nitrogen and oxygen atoms in total. The Kier molecular flexibility index (Phi) is 2.21. The molecule has 0 bridgehead atoms. The van der Waals surface area contributed by atoms with Gasteiger partial charge < -0.3 is 5.32 Å². The lowest BCUT2D eigenvalue weighted by atomic mass is 9.75. The summed E-state index contributed by atoms with van der Waals surface area (Å²) in [5.41, 5.74) is -1.46. The van der Waals surface area contributed by atoms with E-state index in [-0.39, 0.29) is 13.0 Å². The van der Waals surface area contributed by atoms with E-state index in [1.165, 1.54) is 13.8 Å². The molecule has 0 aromatic carbocycles. The molecule has 1 heterocycles. The molecule has 0 saturated carbocycles. The van der Waals surface area contributed by atoms with Crippen molar-refractivity contribution >= 4 is 5.78 Å². The Hall–Kier alpha value is -0.510. The number of alkyl halides is 2. The summed E-state index contributed by atoms with van der Waals surface area (Å²) in [6.45, 7) is 2.68. The van der Waals surface area contributed by atoms with Crippen LogP contribution in [-0.2, 0) is 4.79 Å². The Labute approximate surface area is 70.3 Å². The molecule has 0 aromatic rings. The van der Waals surface area contributed by atoms with Gasteiger partial charge in [-0.1, -0.05) is 0 Å². The van der Waals surface area contributed by atoms with Crippen LogP contribution in [-0.4, -0.2) is 24.8 Å². The van der Waals surface area contributed by atoms with Gasteiger partial charge in [-0.25, -0.2) is 8.78 Å². The number of hydrogen-bond donors (Lipinski definition) is 1. The summed E-state index contributed by atoms with van der Waals surface area (Å²) in [7, 11) is 0. The maximum atomic E-state index is 13.2. The Balaban J connectivity index is 2.91. The van der Waals surface area contributed by atoms with E-state index in [2.05, 4.69) is 5.32 Å². The third-order valence-electron chi connectivity index (χ3n) is 2.73. The third-order valence-corrected chi connectivity index (χ3v) is 2.73. The number of nitrogens with one attached hydrogen (secondary N) is 1. The van der Waals surface area contributed by atoms with Gasteiger partial charge in [0, 0.05) is 0 Å². The standard InChI is InChI=1S/C8H13F2NO/c1-6(12)7(2)3-4-11-5-8(7,9)10/h11H,3-5H2,1-2H3. The largest absolute Gasteiger partial charge is 0.311 e. The van der Waals surface area contributed by atoms with E-state index >= 15 is 0 Å². The number of Topliss-reactive ketones (excluding diaryl/α,β-unsaturated/α-hetero) is 1. The zero-order valence-electron chi connectivity index (χ0n) is 7.29. The molecule has 0 aromatic heterocycles. The Morgan fingerprint density at radius 2 is 2.08 bits per heavy atom. The molecule has 1 aliphatic rings. The third kappa shape index (κ3) is 1.24. The van der Waals surface area contributed by atoms with Gasteiger partial charge in [-0.3, -0.25) is 4.79 Å². The van der Waals surface area contributed by atoms with Crippen molar-refractivity contribution in [2.24, 2.45) is 5.41 Å². The Morgan fingerprint density at radius 1 is 1.50 bits per heavy atom. The molecule has 12 heavy (non-hydrogen) atoms. The lowest BCUT2D eigenvalue weighted by Crippen LogP contribution is -2.55. The van der Waals surface area contributed by atoms with Crippen LogP contribution < -0.4 is 5.32 Å². The number of carbonyl (C=O) groups excluding carboxylic acids is 1. The van der Waals surface area contributed by atoms with E-state index in [0.29, 0.717) is 6.54 Å². The highest BCUT2D eigenvalue weighted by atomic mass is 19.3. The first-order valence-electron chi connectivity index (χ1n) is 4.00. The van der Waals surface area contributed by atoms with Crippen LogP contribution in [0.2, 0.25) is 0 Å². The van der Waals surface area contributed by atoms with Gasteiger partial charge in [0.2, 0.25) is 0 Å². The molecule has 1 aliphatic heterocycles. The first-order chi connectivity index (χ1) is 5.40. The number of piperidine rings is 1. The highest BCUT2D eigenvalue weighted by Gasteiger charge is 2.54. The maximum Gasteiger partial charge on any atom is 0.272 e. The van der Waals surface area contributed by atoms with Crippen LogP contribution in [0.25, 0.3) is 0 Å². The fraction of sp³-hybridized carbons (Fsp3) is 0.875. The van der Waals surface area contributed by atoms with Crippen molar-refractivity contribution in [3.63, 3.8) is 0 Å². The number of halogens is 2. The fourth-order valence-corrected chi connectivity index (χ4v) is 1.40. The molecule has 1 atom stereocenters. The minimum Gasteiger partial charge on any atom is -0.311 e. The minimum absolute atomic E-state index is 0.218. The van der Waals surface area contributed by atoms with Gasteiger partial charge in [0.1, 0.15) is 5.78 Å². The summed E-state index contributed by atoms with van der Waals surface area (Å²) in [4.78, 5) is 11.0. The van der Waals surface area contributed by atoms with Gasteiger partial charge in [0.15, 0.2) is 0 Å². The summed E-state index contributed by atoms with van der Waals surface area (Å²) in [6.07, 6.45) is 0.218. The molecule has 4 heteroatoms. The smallest absolute Gasteiger partial charge is 0.272 e. The zero-order valence-corrected chi connectivity index (χ0v) is 7.29. The second-order valence-electron chi connectivity index (χ2n) is 3.52. The quantitative estimate of drug-likeness (QED) is 0.652. The average Bonchev–Trinajstić information content (AvgIpc) is 1.95. The van der Waals surface area contributed by atoms with E-state index in [9.17, 15) is 13.6 Å². The highest BCUT2D eigenvalue weighted by Crippen LogP contribution is 2.41. The molecule has 0 radical (unpaired) electrons. The Bertz CT molecular complexity index is 205. The molecule has 1 unspecified atom stereocenters. The fourth-order valence-electron chi connectivity index (χ4n) is 1.40. The normalized spacial score (nSPS) is 34.7. The van der Waals surface area contributed by atoms with Crippen LogP contribution in [0.15, 0.2) is 0 Å². The van der Waals surface area contributed by atoms with Crippen LogP contribution in [0, 0.1) is 5.41 Å². The first kappa shape index (κ1) is 9.58. The molecule has 70 valence electrons. The van der Waals surface area contributed by atoms with Gasteiger partial charge in [0.05, 0.1) is 12.0 Å². The van der Waals surface area contributed by atoms with Gasteiger partial charge in [-0.2, -0.15) is 0 Å². The van der Waals surface area contributed by atoms with E-state index < -0.39 is 17.1 Å². The van der Waals surface area contributed by atoms with Crippen LogP contribution >= 0.6 is 0 Å². The van der Waals surface area contributed by atoms with Crippen molar-refractivity contribution in [3.05, 3.63) is 0 Å². The molecule has 1 rings (SSSR count). The molecule has 1 N–H and O–H groups in total. The van der Waals surface area contributed by atoms with Gasteiger partial charge in [0.25, 0.3) is 5.92 Å². The molecular formula is C8H13F2NO. The van der Waals surface area contributed by atoms with Crippen molar-refractivity contribution in [1.29, 1.82) is 0 Å². The first-order valence-corrected chi connectivity index (χ1v) is 4.00. The molecule has 0 spiro atoms. The lowest BCUT2D eigenvalue weighted by Gasteiger charge is -2.39. The van der Waals surface area contributed by atoms with Crippen molar-refractivity contribution in [3.8, 4) is 0 Å². The average molecular weight is 177 g/mol.